The summed E-state index contributed by atoms with van der Waals surface area (Å²) in [7, 11) is -0.252. The normalized spacial score (nSPS) is 21.2. The van der Waals surface area contributed by atoms with E-state index in [9.17, 15) is 0 Å². The Bertz CT molecular complexity index is 152. The van der Waals surface area contributed by atoms with Gasteiger partial charge in [0.1, 0.15) is 0 Å². The fraction of sp³-hybridized carbons (Fsp3) is 1.00. The maximum atomic E-state index is 5.78. The number of morpholine rings is 1. The first-order valence-corrected chi connectivity index (χ1v) is 7.82. The molecule has 0 radical (unpaired) electrons. The quantitative estimate of drug-likeness (QED) is 0.482. The van der Waals surface area contributed by atoms with Crippen molar-refractivity contribution in [1.29, 1.82) is 0 Å². The molecule has 0 aromatic carbocycles. The fourth-order valence-electron chi connectivity index (χ4n) is 1.66. The van der Waals surface area contributed by atoms with Gasteiger partial charge in [-0.15, -0.1) is 0 Å². The minimum atomic E-state index is -0.252. The molecule has 3 nitrogen and oxygen atoms in total. The SMILES string of the molecule is CCC(C)O[SiH2]CCCN1CCOCC1. The molecule has 1 unspecified atom stereocenters. The largest absolute Gasteiger partial charge is 0.421 e. The molecule has 1 atom stereocenters. The van der Waals surface area contributed by atoms with Crippen LogP contribution >= 0.6 is 0 Å². The minimum Gasteiger partial charge on any atom is -0.421 e. The Kier molecular flexibility index (Phi) is 7.26. The molecule has 0 aromatic rings. The Morgan fingerprint density at radius 3 is 2.80 bits per heavy atom. The van der Waals surface area contributed by atoms with Crippen molar-refractivity contribution >= 4 is 9.76 Å². The van der Waals surface area contributed by atoms with E-state index in [0.29, 0.717) is 6.10 Å². The van der Waals surface area contributed by atoms with Gasteiger partial charge in [0.15, 0.2) is 9.76 Å². The van der Waals surface area contributed by atoms with Crippen molar-refractivity contribution in [3.8, 4) is 0 Å². The van der Waals surface area contributed by atoms with Gasteiger partial charge in [-0.3, -0.25) is 4.90 Å². The molecule has 15 heavy (non-hydrogen) atoms. The van der Waals surface area contributed by atoms with Gasteiger partial charge in [0.05, 0.1) is 13.2 Å². The summed E-state index contributed by atoms with van der Waals surface area (Å²) in [4.78, 5) is 2.50. The first-order valence-electron chi connectivity index (χ1n) is 6.24. The first kappa shape index (κ1) is 13.2. The highest BCUT2D eigenvalue weighted by Gasteiger charge is 2.09. The molecule has 90 valence electrons. The van der Waals surface area contributed by atoms with E-state index in [-0.39, 0.29) is 9.76 Å². The number of nitrogens with zero attached hydrogens (tertiary/aromatic N) is 1. The van der Waals surface area contributed by atoms with Crippen LogP contribution in [0.1, 0.15) is 26.7 Å². The summed E-state index contributed by atoms with van der Waals surface area (Å²) in [6.45, 7) is 9.67. The van der Waals surface area contributed by atoms with Crippen LogP contribution in [0, 0.1) is 0 Å². The second-order valence-corrected chi connectivity index (χ2v) is 5.70. The topological polar surface area (TPSA) is 21.7 Å². The maximum Gasteiger partial charge on any atom is 0.162 e. The van der Waals surface area contributed by atoms with Crippen LogP contribution in [0.3, 0.4) is 0 Å². The Morgan fingerprint density at radius 1 is 1.40 bits per heavy atom. The van der Waals surface area contributed by atoms with E-state index in [1.165, 1.54) is 19.0 Å². The summed E-state index contributed by atoms with van der Waals surface area (Å²) in [6.07, 6.45) is 2.94. The summed E-state index contributed by atoms with van der Waals surface area (Å²) in [6, 6.07) is 1.32. The second-order valence-electron chi connectivity index (χ2n) is 4.25. The molecule has 0 bridgehead atoms. The monoisotopic (exact) mass is 231 g/mol. The number of rotatable bonds is 7. The third-order valence-corrected chi connectivity index (χ3v) is 4.54. The van der Waals surface area contributed by atoms with E-state index in [1.54, 1.807) is 0 Å². The summed E-state index contributed by atoms with van der Waals surface area (Å²) in [5, 5.41) is 0. The van der Waals surface area contributed by atoms with Gasteiger partial charge < -0.3 is 9.16 Å². The Hall–Kier alpha value is 0.0969. The van der Waals surface area contributed by atoms with Gasteiger partial charge in [0.25, 0.3) is 0 Å². The third kappa shape index (κ3) is 6.30. The van der Waals surface area contributed by atoms with Crippen molar-refractivity contribution in [1.82, 2.24) is 4.90 Å². The lowest BCUT2D eigenvalue weighted by molar-refractivity contribution is 0.0379. The lowest BCUT2D eigenvalue weighted by Crippen LogP contribution is -2.36. The highest BCUT2D eigenvalue weighted by molar-refractivity contribution is 6.27. The Balaban J connectivity index is 1.87. The molecule has 0 N–H and O–H groups in total. The summed E-state index contributed by atoms with van der Waals surface area (Å²) < 4.78 is 11.1. The highest BCUT2D eigenvalue weighted by Crippen LogP contribution is 2.02. The van der Waals surface area contributed by atoms with Crippen molar-refractivity contribution in [2.45, 2.75) is 38.8 Å². The van der Waals surface area contributed by atoms with Gasteiger partial charge in [0.2, 0.25) is 0 Å². The molecule has 1 saturated heterocycles. The number of hydrogen-bond acceptors (Lipinski definition) is 3. The molecule has 1 rings (SSSR count). The Labute approximate surface area is 96.1 Å². The van der Waals surface area contributed by atoms with E-state index < -0.39 is 0 Å². The van der Waals surface area contributed by atoms with Crippen molar-refractivity contribution in [2.75, 3.05) is 32.8 Å². The lowest BCUT2D eigenvalue weighted by Gasteiger charge is -2.26. The molecule has 0 aromatic heterocycles. The lowest BCUT2D eigenvalue weighted by atomic mass is 10.3. The molecule has 1 fully saturated rings. The third-order valence-electron chi connectivity index (χ3n) is 2.95. The molecule has 4 heteroatoms. The summed E-state index contributed by atoms with van der Waals surface area (Å²) in [5.41, 5.74) is 0. The van der Waals surface area contributed by atoms with Crippen molar-refractivity contribution in [3.63, 3.8) is 0 Å². The van der Waals surface area contributed by atoms with Crippen LogP contribution in [0.15, 0.2) is 0 Å². The number of ether oxygens (including phenoxy) is 1. The highest BCUT2D eigenvalue weighted by atomic mass is 28.2. The predicted octanol–water partition coefficient (Wildman–Crippen LogP) is 1.03. The van der Waals surface area contributed by atoms with E-state index in [4.69, 9.17) is 9.16 Å². The second kappa shape index (κ2) is 8.27. The summed E-state index contributed by atoms with van der Waals surface area (Å²) in [5.74, 6) is 0. The van der Waals surface area contributed by atoms with Gasteiger partial charge in [-0.05, 0) is 32.4 Å². The van der Waals surface area contributed by atoms with Crippen molar-refractivity contribution < 1.29 is 9.16 Å². The van der Waals surface area contributed by atoms with Crippen molar-refractivity contribution in [2.24, 2.45) is 0 Å². The fourth-order valence-corrected chi connectivity index (χ4v) is 2.90. The molecule has 0 spiro atoms. The molecule has 1 aliphatic heterocycles. The molecule has 0 saturated carbocycles. The standard InChI is InChI=1S/C11H25NO2Si/c1-3-11(2)14-15-10-4-5-12-6-8-13-9-7-12/h11H,3-10,15H2,1-2H3. The van der Waals surface area contributed by atoms with Crippen molar-refractivity contribution in [3.05, 3.63) is 0 Å². The average molecular weight is 231 g/mol. The van der Waals surface area contributed by atoms with Gasteiger partial charge >= 0.3 is 0 Å². The van der Waals surface area contributed by atoms with Crippen LogP contribution in [0.4, 0.5) is 0 Å². The van der Waals surface area contributed by atoms with E-state index in [1.807, 2.05) is 0 Å². The number of hydrogen-bond donors (Lipinski definition) is 0. The minimum absolute atomic E-state index is 0.252. The maximum absolute atomic E-state index is 5.78. The Morgan fingerprint density at radius 2 is 2.13 bits per heavy atom. The van der Waals surface area contributed by atoms with Gasteiger partial charge in [-0.2, -0.15) is 0 Å². The zero-order chi connectivity index (χ0) is 10.9. The zero-order valence-electron chi connectivity index (χ0n) is 10.2. The van der Waals surface area contributed by atoms with E-state index >= 15 is 0 Å². The van der Waals surface area contributed by atoms with Gasteiger partial charge in [0, 0.05) is 19.2 Å². The van der Waals surface area contributed by atoms with Gasteiger partial charge in [-0.1, -0.05) is 6.92 Å². The van der Waals surface area contributed by atoms with E-state index in [0.717, 1.165) is 32.7 Å². The van der Waals surface area contributed by atoms with Crippen LogP contribution in [0.5, 0.6) is 0 Å². The van der Waals surface area contributed by atoms with Gasteiger partial charge in [-0.25, -0.2) is 0 Å². The summed E-state index contributed by atoms with van der Waals surface area (Å²) >= 11 is 0. The molecular formula is C11H25NO2Si. The predicted molar refractivity (Wildman–Crippen MR) is 66.1 cm³/mol. The van der Waals surface area contributed by atoms with Crippen LogP contribution in [0.25, 0.3) is 0 Å². The molecular weight excluding hydrogens is 206 g/mol. The van der Waals surface area contributed by atoms with Crippen LogP contribution < -0.4 is 0 Å². The molecule has 0 aliphatic carbocycles. The van der Waals surface area contributed by atoms with E-state index in [2.05, 4.69) is 18.7 Å². The molecule has 0 amide bonds. The first-order chi connectivity index (χ1) is 7.33. The molecule has 1 aliphatic rings. The van der Waals surface area contributed by atoms with Crippen LogP contribution in [-0.4, -0.2) is 53.6 Å². The zero-order valence-corrected chi connectivity index (χ0v) is 11.6. The average Bonchev–Trinajstić information content (AvgIpc) is 2.29. The smallest absolute Gasteiger partial charge is 0.162 e. The van der Waals surface area contributed by atoms with Crippen LogP contribution in [0.2, 0.25) is 6.04 Å². The van der Waals surface area contributed by atoms with Crippen LogP contribution in [-0.2, 0) is 9.16 Å². The molecule has 1 heterocycles.